The fourth-order valence-corrected chi connectivity index (χ4v) is 2.40. The first-order valence-electron chi connectivity index (χ1n) is 7.96. The van der Waals surface area contributed by atoms with E-state index in [1.54, 1.807) is 41.5 Å². The molecule has 0 bridgehead atoms. The van der Waals surface area contributed by atoms with Gasteiger partial charge < -0.3 is 24.8 Å². The van der Waals surface area contributed by atoms with Crippen molar-refractivity contribution in [1.82, 2.24) is 10.2 Å². The van der Waals surface area contributed by atoms with Gasteiger partial charge in [-0.05, 0) is 41.5 Å². The normalized spacial score (nSPS) is 21.3. The van der Waals surface area contributed by atoms with E-state index in [1.165, 1.54) is 4.90 Å². The number of carboxylic acid groups (broad SMARTS) is 1. The minimum atomic E-state index is -0.984. The number of carbonyl (C=O) groups excluding carboxylic acids is 2. The van der Waals surface area contributed by atoms with Crippen LogP contribution >= 0.6 is 0 Å². The molecule has 1 aliphatic heterocycles. The first-order valence-corrected chi connectivity index (χ1v) is 7.96. The van der Waals surface area contributed by atoms with E-state index in [2.05, 4.69) is 5.32 Å². The fourth-order valence-electron chi connectivity index (χ4n) is 2.40. The molecule has 1 saturated heterocycles. The van der Waals surface area contributed by atoms with Crippen molar-refractivity contribution in [3.63, 3.8) is 0 Å². The summed E-state index contributed by atoms with van der Waals surface area (Å²) in [6.45, 7) is 10.9. The minimum absolute atomic E-state index is 0.153. The number of likely N-dealkylation sites (tertiary alicyclic amines) is 1. The van der Waals surface area contributed by atoms with Crippen molar-refractivity contribution >= 4 is 18.2 Å². The van der Waals surface area contributed by atoms with Crippen molar-refractivity contribution in [3.8, 4) is 0 Å². The summed E-state index contributed by atoms with van der Waals surface area (Å²) in [5, 5.41) is 11.7. The quantitative estimate of drug-likeness (QED) is 0.813. The lowest BCUT2D eigenvalue weighted by molar-refractivity contribution is -0.138. The van der Waals surface area contributed by atoms with Gasteiger partial charge in [-0.25, -0.2) is 9.59 Å². The van der Waals surface area contributed by atoms with E-state index >= 15 is 0 Å². The van der Waals surface area contributed by atoms with E-state index in [0.717, 1.165) is 0 Å². The van der Waals surface area contributed by atoms with E-state index in [9.17, 15) is 14.4 Å². The molecule has 1 fully saturated rings. The van der Waals surface area contributed by atoms with Crippen LogP contribution in [0.5, 0.6) is 0 Å². The number of nitrogens with one attached hydrogen (secondary N) is 1. The molecular formula is C16H28N2O6. The highest BCUT2D eigenvalue weighted by Crippen LogP contribution is 2.23. The lowest BCUT2D eigenvalue weighted by atomic mass is 10.0. The van der Waals surface area contributed by atoms with Crippen molar-refractivity contribution < 1.29 is 29.0 Å². The van der Waals surface area contributed by atoms with Gasteiger partial charge in [-0.15, -0.1) is 0 Å². The zero-order valence-electron chi connectivity index (χ0n) is 15.2. The van der Waals surface area contributed by atoms with Crippen LogP contribution < -0.4 is 5.32 Å². The van der Waals surface area contributed by atoms with Crippen LogP contribution in [0.2, 0.25) is 0 Å². The second-order valence-electron chi connectivity index (χ2n) is 8.00. The Labute approximate surface area is 142 Å². The first-order chi connectivity index (χ1) is 10.8. The molecule has 0 aromatic carbocycles. The number of hydrogen-bond donors (Lipinski definition) is 2. The van der Waals surface area contributed by atoms with Gasteiger partial charge in [0.15, 0.2) is 0 Å². The summed E-state index contributed by atoms with van der Waals surface area (Å²) in [6.07, 6.45) is -1.31. The Balaban J connectivity index is 2.75. The molecule has 8 nitrogen and oxygen atoms in total. The predicted octanol–water partition coefficient (Wildman–Crippen LogP) is 2.22. The van der Waals surface area contributed by atoms with Crippen molar-refractivity contribution in [2.75, 3.05) is 13.1 Å². The summed E-state index contributed by atoms with van der Waals surface area (Å²) < 4.78 is 10.5. The molecule has 0 aliphatic carbocycles. The average Bonchev–Trinajstić information content (AvgIpc) is 2.66. The standard InChI is InChI=1S/C16H28N2O6/c1-15(2,3)23-13(21)17-11-9-18(8-10(11)7-12(19)20)14(22)24-16(4,5)6/h10-11H,7-9H2,1-6H3,(H,17,21)(H,19,20)/t10-,11-/m1/s1. The van der Waals surface area contributed by atoms with Crippen LogP contribution in [0.1, 0.15) is 48.0 Å². The molecule has 24 heavy (non-hydrogen) atoms. The third kappa shape index (κ3) is 7.06. The van der Waals surface area contributed by atoms with Crippen LogP contribution in [0.4, 0.5) is 9.59 Å². The van der Waals surface area contributed by atoms with Gasteiger partial charge >= 0.3 is 18.2 Å². The summed E-state index contributed by atoms with van der Waals surface area (Å²) in [4.78, 5) is 36.6. The molecule has 0 aromatic heterocycles. The van der Waals surface area contributed by atoms with Gasteiger partial charge in [0.1, 0.15) is 11.2 Å². The van der Waals surface area contributed by atoms with E-state index in [1.807, 2.05) is 0 Å². The van der Waals surface area contributed by atoms with Crippen LogP contribution in [0.3, 0.4) is 0 Å². The Bertz CT molecular complexity index is 492. The molecule has 0 saturated carbocycles. The number of ether oxygens (including phenoxy) is 2. The second kappa shape index (κ2) is 7.27. The van der Waals surface area contributed by atoms with Crippen LogP contribution in [0.15, 0.2) is 0 Å². The zero-order valence-corrected chi connectivity index (χ0v) is 15.2. The Kier molecular flexibility index (Phi) is 6.08. The van der Waals surface area contributed by atoms with Gasteiger partial charge in [0.25, 0.3) is 0 Å². The average molecular weight is 344 g/mol. The van der Waals surface area contributed by atoms with Gasteiger partial charge in [0.2, 0.25) is 0 Å². The van der Waals surface area contributed by atoms with Gasteiger partial charge in [-0.1, -0.05) is 0 Å². The summed E-state index contributed by atoms with van der Waals surface area (Å²) in [7, 11) is 0. The molecule has 1 rings (SSSR count). The van der Waals surface area contributed by atoms with Crippen LogP contribution in [0, 0.1) is 5.92 Å². The topological polar surface area (TPSA) is 105 Å². The molecule has 8 heteroatoms. The highest BCUT2D eigenvalue weighted by Gasteiger charge is 2.39. The largest absolute Gasteiger partial charge is 0.481 e. The monoisotopic (exact) mass is 344 g/mol. The Hall–Kier alpha value is -1.99. The van der Waals surface area contributed by atoms with Crippen LogP contribution in [0.25, 0.3) is 0 Å². The van der Waals surface area contributed by atoms with Gasteiger partial charge in [-0.3, -0.25) is 4.79 Å². The smallest absolute Gasteiger partial charge is 0.410 e. The molecule has 0 unspecified atom stereocenters. The fraction of sp³-hybridized carbons (Fsp3) is 0.812. The molecule has 0 aromatic rings. The molecule has 1 heterocycles. The maximum absolute atomic E-state index is 12.2. The molecule has 0 spiro atoms. The lowest BCUT2D eigenvalue weighted by Crippen LogP contribution is -2.44. The zero-order chi connectivity index (χ0) is 18.7. The number of aliphatic carboxylic acids is 1. The summed E-state index contributed by atoms with van der Waals surface area (Å²) in [6, 6.07) is -0.497. The molecular weight excluding hydrogens is 316 g/mol. The maximum atomic E-state index is 12.2. The molecule has 2 N–H and O–H groups in total. The number of carbonyl (C=O) groups is 3. The Morgan fingerprint density at radius 2 is 1.58 bits per heavy atom. The van der Waals surface area contributed by atoms with Crippen molar-refractivity contribution in [3.05, 3.63) is 0 Å². The number of amides is 2. The Morgan fingerprint density at radius 3 is 2.04 bits per heavy atom. The van der Waals surface area contributed by atoms with Crippen molar-refractivity contribution in [1.29, 1.82) is 0 Å². The Morgan fingerprint density at radius 1 is 1.04 bits per heavy atom. The SMILES string of the molecule is CC(C)(C)OC(=O)N[C@@H]1CN(C(=O)OC(C)(C)C)C[C@H]1CC(=O)O. The number of rotatable bonds is 3. The number of alkyl carbamates (subject to hydrolysis) is 1. The van der Waals surface area contributed by atoms with Crippen molar-refractivity contribution in [2.24, 2.45) is 5.92 Å². The van der Waals surface area contributed by atoms with E-state index < -0.39 is 41.3 Å². The lowest BCUT2D eigenvalue weighted by Gasteiger charge is -2.25. The van der Waals surface area contributed by atoms with E-state index in [-0.39, 0.29) is 19.5 Å². The third-order valence-corrected chi connectivity index (χ3v) is 3.23. The van der Waals surface area contributed by atoms with Crippen molar-refractivity contribution in [2.45, 2.75) is 65.2 Å². The van der Waals surface area contributed by atoms with E-state index in [0.29, 0.717) is 0 Å². The van der Waals surface area contributed by atoms with Crippen LogP contribution in [-0.4, -0.2) is 58.5 Å². The summed E-state index contributed by atoms with van der Waals surface area (Å²) in [5.74, 6) is -1.38. The predicted molar refractivity (Wildman–Crippen MR) is 86.7 cm³/mol. The number of nitrogens with zero attached hydrogens (tertiary/aromatic N) is 1. The summed E-state index contributed by atoms with van der Waals surface area (Å²) >= 11 is 0. The molecule has 138 valence electrons. The molecule has 2 amide bonds. The molecule has 2 atom stereocenters. The number of hydrogen-bond acceptors (Lipinski definition) is 5. The molecule has 1 aliphatic rings. The minimum Gasteiger partial charge on any atom is -0.481 e. The molecule has 0 radical (unpaired) electrons. The first kappa shape index (κ1) is 20.1. The summed E-state index contributed by atoms with van der Waals surface area (Å²) in [5.41, 5.74) is -1.30. The van der Waals surface area contributed by atoms with E-state index in [4.69, 9.17) is 14.6 Å². The highest BCUT2D eigenvalue weighted by molar-refractivity contribution is 5.72. The third-order valence-electron chi connectivity index (χ3n) is 3.23. The highest BCUT2D eigenvalue weighted by atomic mass is 16.6. The van der Waals surface area contributed by atoms with Gasteiger partial charge in [0, 0.05) is 19.0 Å². The number of carboxylic acids is 1. The van der Waals surface area contributed by atoms with Crippen LogP contribution in [-0.2, 0) is 14.3 Å². The van der Waals surface area contributed by atoms with Gasteiger partial charge in [0.05, 0.1) is 12.5 Å². The second-order valence-corrected chi connectivity index (χ2v) is 8.00. The maximum Gasteiger partial charge on any atom is 0.410 e. The van der Waals surface area contributed by atoms with Gasteiger partial charge in [-0.2, -0.15) is 0 Å².